The van der Waals surface area contributed by atoms with Crippen molar-refractivity contribution in [2.75, 3.05) is 0 Å². The van der Waals surface area contributed by atoms with Gasteiger partial charge in [-0.05, 0) is 12.1 Å². The molecule has 0 saturated carbocycles. The van der Waals surface area contributed by atoms with Gasteiger partial charge in [-0.3, -0.25) is 0 Å². The SMILES string of the molecule is C[SiH2]c1ccc(Cl)c(F)c1. The molecule has 0 unspecified atom stereocenters. The van der Waals surface area contributed by atoms with Crippen LogP contribution in [0.5, 0.6) is 0 Å². The molecule has 0 spiro atoms. The van der Waals surface area contributed by atoms with E-state index in [0.29, 0.717) is 0 Å². The molecular weight excluding hydrogens is 167 g/mol. The maximum atomic E-state index is 12.7. The van der Waals surface area contributed by atoms with Crippen LogP contribution >= 0.6 is 11.6 Å². The average Bonchev–Trinajstić information content (AvgIpc) is 1.95. The zero-order valence-corrected chi connectivity index (χ0v) is 7.87. The first kappa shape index (κ1) is 7.76. The summed E-state index contributed by atoms with van der Waals surface area (Å²) in [5, 5.41) is 1.33. The lowest BCUT2D eigenvalue weighted by Crippen LogP contribution is -2.10. The molecule has 0 fully saturated rings. The number of halogens is 2. The highest BCUT2D eigenvalue weighted by Crippen LogP contribution is 2.10. The molecule has 0 nitrogen and oxygen atoms in total. The summed E-state index contributed by atoms with van der Waals surface area (Å²) in [6.45, 7) is 2.11. The van der Waals surface area contributed by atoms with Gasteiger partial charge in [-0.2, -0.15) is 0 Å². The minimum absolute atomic E-state index is 0.214. The second kappa shape index (κ2) is 3.17. The second-order valence-electron chi connectivity index (χ2n) is 2.10. The van der Waals surface area contributed by atoms with E-state index >= 15 is 0 Å². The molecule has 0 aromatic heterocycles. The molecule has 0 atom stereocenters. The predicted octanol–water partition coefficient (Wildman–Crippen LogP) is 1.32. The molecule has 0 bridgehead atoms. The molecule has 0 saturated heterocycles. The van der Waals surface area contributed by atoms with Gasteiger partial charge in [-0.15, -0.1) is 0 Å². The predicted molar refractivity (Wildman–Crippen MR) is 45.5 cm³/mol. The van der Waals surface area contributed by atoms with Crippen LogP contribution in [0.4, 0.5) is 4.39 Å². The van der Waals surface area contributed by atoms with Crippen molar-refractivity contribution in [2.45, 2.75) is 6.55 Å². The van der Waals surface area contributed by atoms with Crippen LogP contribution in [-0.4, -0.2) is 9.52 Å². The molecule has 0 N–H and O–H groups in total. The Morgan fingerprint density at radius 2 is 2.20 bits per heavy atom. The first-order chi connectivity index (χ1) is 4.74. The summed E-state index contributed by atoms with van der Waals surface area (Å²) in [4.78, 5) is 0. The van der Waals surface area contributed by atoms with E-state index < -0.39 is 0 Å². The fourth-order valence-electron chi connectivity index (χ4n) is 0.760. The van der Waals surface area contributed by atoms with E-state index in [1.54, 1.807) is 6.07 Å². The summed E-state index contributed by atoms with van der Waals surface area (Å²) in [5.74, 6) is -0.298. The maximum absolute atomic E-state index is 12.7. The first-order valence-corrected chi connectivity index (χ1v) is 5.68. The lowest BCUT2D eigenvalue weighted by Gasteiger charge is -1.96. The van der Waals surface area contributed by atoms with Crippen molar-refractivity contribution in [1.29, 1.82) is 0 Å². The highest BCUT2D eigenvalue weighted by molar-refractivity contribution is 6.52. The summed E-state index contributed by atoms with van der Waals surface area (Å²) in [6, 6.07) is 5.02. The van der Waals surface area contributed by atoms with Crippen molar-refractivity contribution in [3.05, 3.63) is 29.0 Å². The Labute approximate surface area is 66.8 Å². The van der Waals surface area contributed by atoms with Crippen LogP contribution < -0.4 is 5.19 Å². The average molecular weight is 175 g/mol. The van der Waals surface area contributed by atoms with Crippen LogP contribution in [0, 0.1) is 5.82 Å². The zero-order valence-electron chi connectivity index (χ0n) is 5.70. The molecule has 3 heteroatoms. The van der Waals surface area contributed by atoms with Gasteiger partial charge in [-0.25, -0.2) is 4.39 Å². The molecule has 0 amide bonds. The molecule has 0 radical (unpaired) electrons. The third kappa shape index (κ3) is 1.58. The van der Waals surface area contributed by atoms with Crippen molar-refractivity contribution in [1.82, 2.24) is 0 Å². The van der Waals surface area contributed by atoms with E-state index in [9.17, 15) is 4.39 Å². The first-order valence-electron chi connectivity index (χ1n) is 3.18. The summed E-state index contributed by atoms with van der Waals surface area (Å²) in [7, 11) is -0.245. The van der Waals surface area contributed by atoms with E-state index in [1.165, 1.54) is 6.07 Å². The van der Waals surface area contributed by atoms with E-state index in [2.05, 4.69) is 6.55 Å². The topological polar surface area (TPSA) is 0 Å². The van der Waals surface area contributed by atoms with Gasteiger partial charge < -0.3 is 0 Å². The van der Waals surface area contributed by atoms with Gasteiger partial charge in [0, 0.05) is 0 Å². The third-order valence-corrected chi connectivity index (χ3v) is 2.96. The van der Waals surface area contributed by atoms with Crippen LogP contribution in [0.1, 0.15) is 0 Å². The molecular formula is C7H8ClFSi. The molecule has 0 heterocycles. The Hall–Kier alpha value is -0.343. The van der Waals surface area contributed by atoms with Crippen molar-refractivity contribution >= 4 is 26.3 Å². The van der Waals surface area contributed by atoms with Gasteiger partial charge in [0.1, 0.15) is 5.82 Å². The smallest absolute Gasteiger partial charge is 0.141 e. The zero-order chi connectivity index (χ0) is 7.56. The number of hydrogen-bond donors (Lipinski definition) is 0. The lowest BCUT2D eigenvalue weighted by atomic mass is 10.3. The Balaban J connectivity index is 3.04. The molecule has 0 aliphatic carbocycles. The Kier molecular flexibility index (Phi) is 2.46. The fourth-order valence-corrected chi connectivity index (χ4v) is 1.61. The van der Waals surface area contributed by atoms with E-state index in [0.717, 1.165) is 5.19 Å². The maximum Gasteiger partial charge on any atom is 0.141 e. The summed E-state index contributed by atoms with van der Waals surface area (Å²) in [6.07, 6.45) is 0. The molecule has 0 aliphatic heterocycles. The highest BCUT2D eigenvalue weighted by Gasteiger charge is 1.97. The van der Waals surface area contributed by atoms with Gasteiger partial charge >= 0.3 is 0 Å². The lowest BCUT2D eigenvalue weighted by molar-refractivity contribution is 0.629. The van der Waals surface area contributed by atoms with E-state index in [4.69, 9.17) is 11.6 Å². The van der Waals surface area contributed by atoms with Gasteiger partial charge in [0.2, 0.25) is 0 Å². The largest absolute Gasteiger partial charge is 0.205 e. The number of hydrogen-bond acceptors (Lipinski definition) is 0. The summed E-state index contributed by atoms with van der Waals surface area (Å²) >= 11 is 5.48. The van der Waals surface area contributed by atoms with Crippen molar-refractivity contribution in [3.8, 4) is 0 Å². The summed E-state index contributed by atoms with van der Waals surface area (Å²) < 4.78 is 12.7. The van der Waals surface area contributed by atoms with Crippen LogP contribution in [0.2, 0.25) is 11.6 Å². The monoisotopic (exact) mass is 174 g/mol. The van der Waals surface area contributed by atoms with Crippen LogP contribution in [0.25, 0.3) is 0 Å². The molecule has 54 valence electrons. The van der Waals surface area contributed by atoms with Gasteiger partial charge in [0.15, 0.2) is 0 Å². The molecule has 0 aliphatic rings. The summed E-state index contributed by atoms with van der Waals surface area (Å²) in [5.41, 5.74) is 0. The van der Waals surface area contributed by atoms with E-state index in [-0.39, 0.29) is 20.4 Å². The minimum Gasteiger partial charge on any atom is -0.205 e. The number of rotatable bonds is 1. The Morgan fingerprint density at radius 3 is 2.70 bits per heavy atom. The van der Waals surface area contributed by atoms with Gasteiger partial charge in [0.05, 0.1) is 14.5 Å². The Bertz CT molecular complexity index is 237. The Morgan fingerprint density at radius 1 is 1.50 bits per heavy atom. The van der Waals surface area contributed by atoms with Crippen LogP contribution in [-0.2, 0) is 0 Å². The van der Waals surface area contributed by atoms with Crippen LogP contribution in [0.15, 0.2) is 18.2 Å². The highest BCUT2D eigenvalue weighted by atomic mass is 35.5. The van der Waals surface area contributed by atoms with Gasteiger partial charge in [-0.1, -0.05) is 29.4 Å². The minimum atomic E-state index is -0.298. The quantitative estimate of drug-likeness (QED) is 0.564. The normalized spacial score (nSPS) is 11.1. The standard InChI is InChI=1S/C7H8ClFSi/c1-10-5-2-3-6(8)7(9)4-5/h2-4H,10H2,1H3. The van der Waals surface area contributed by atoms with E-state index in [1.807, 2.05) is 6.07 Å². The van der Waals surface area contributed by atoms with Crippen molar-refractivity contribution in [3.63, 3.8) is 0 Å². The molecule has 1 aromatic carbocycles. The van der Waals surface area contributed by atoms with Crippen molar-refractivity contribution in [2.24, 2.45) is 0 Å². The molecule has 10 heavy (non-hydrogen) atoms. The third-order valence-electron chi connectivity index (χ3n) is 1.39. The van der Waals surface area contributed by atoms with Gasteiger partial charge in [0.25, 0.3) is 0 Å². The van der Waals surface area contributed by atoms with Crippen LogP contribution in [0.3, 0.4) is 0 Å². The second-order valence-corrected chi connectivity index (χ2v) is 4.03. The number of benzene rings is 1. The van der Waals surface area contributed by atoms with Crippen molar-refractivity contribution < 1.29 is 4.39 Å². The molecule has 1 rings (SSSR count). The molecule has 1 aromatic rings. The fraction of sp³-hybridized carbons (Fsp3) is 0.143.